The lowest BCUT2D eigenvalue weighted by Gasteiger charge is -2.35. The van der Waals surface area contributed by atoms with Gasteiger partial charge in [-0.3, -0.25) is 14.9 Å². The summed E-state index contributed by atoms with van der Waals surface area (Å²) in [7, 11) is -3.96. The summed E-state index contributed by atoms with van der Waals surface area (Å²) in [6, 6.07) is 5.05. The largest absolute Gasteiger partial charge is 0.346 e. The first-order valence-electron chi connectivity index (χ1n) is 8.83. The highest BCUT2D eigenvalue weighted by atomic mass is 32.2. The quantitative estimate of drug-likeness (QED) is 0.525. The molecule has 0 unspecified atom stereocenters. The van der Waals surface area contributed by atoms with Crippen molar-refractivity contribution in [1.29, 1.82) is 0 Å². The summed E-state index contributed by atoms with van der Waals surface area (Å²) in [4.78, 5) is 23.5. The molecule has 1 heterocycles. The van der Waals surface area contributed by atoms with Gasteiger partial charge in [-0.05, 0) is 33.8 Å². The Morgan fingerprint density at radius 3 is 2.33 bits per heavy atom. The number of hydrogen-bond donors (Lipinski definition) is 2. The number of nitro groups is 1. The molecule has 1 aromatic rings. The van der Waals surface area contributed by atoms with Crippen LogP contribution in [0.15, 0.2) is 29.2 Å². The number of nitrogens with zero attached hydrogens (tertiary/aromatic N) is 2. The van der Waals surface area contributed by atoms with E-state index in [0.717, 1.165) is 4.90 Å². The van der Waals surface area contributed by atoms with Crippen LogP contribution in [-0.2, 0) is 14.8 Å². The van der Waals surface area contributed by atoms with Gasteiger partial charge in [0.1, 0.15) is 0 Å². The maximum atomic E-state index is 12.8. The number of carbonyl (C=O) groups excluding carboxylic acids is 1. The van der Waals surface area contributed by atoms with E-state index in [0.29, 0.717) is 13.1 Å². The summed E-state index contributed by atoms with van der Waals surface area (Å²) >= 11 is 0. The predicted octanol–water partition coefficient (Wildman–Crippen LogP) is -0.213. The number of sulfonamides is 1. The highest BCUT2D eigenvalue weighted by molar-refractivity contribution is 7.89. The minimum Gasteiger partial charge on any atom is -0.346 e. The molecule has 1 aliphatic heterocycles. The molecule has 10 heteroatoms. The van der Waals surface area contributed by atoms with Gasteiger partial charge in [-0.1, -0.05) is 12.1 Å². The Bertz CT molecular complexity index is 811. The number of amides is 1. The van der Waals surface area contributed by atoms with Crippen LogP contribution >= 0.6 is 0 Å². The third-order valence-corrected chi connectivity index (χ3v) is 6.49. The van der Waals surface area contributed by atoms with Crippen LogP contribution < -0.4 is 10.2 Å². The summed E-state index contributed by atoms with van der Waals surface area (Å²) in [6.07, 6.45) is 0. The van der Waals surface area contributed by atoms with Crippen molar-refractivity contribution >= 4 is 21.6 Å². The maximum absolute atomic E-state index is 12.8. The van der Waals surface area contributed by atoms with Gasteiger partial charge in [0, 0.05) is 11.6 Å². The minimum absolute atomic E-state index is 0.0764. The number of nitrogens with one attached hydrogen (secondary N) is 2. The van der Waals surface area contributed by atoms with E-state index in [1.807, 2.05) is 27.7 Å². The molecule has 9 nitrogen and oxygen atoms in total. The van der Waals surface area contributed by atoms with E-state index < -0.39 is 20.6 Å². The molecule has 0 spiro atoms. The van der Waals surface area contributed by atoms with Gasteiger partial charge in [-0.2, -0.15) is 4.31 Å². The molecule has 0 aromatic heterocycles. The van der Waals surface area contributed by atoms with Gasteiger partial charge in [0.05, 0.1) is 31.1 Å². The number of nitro benzene ring substituents is 1. The second-order valence-corrected chi connectivity index (χ2v) is 9.65. The SMILES string of the molecule is C[C@@H](C(=O)NC(C)(C)C)[NH+]1CCN(S(=O)(=O)c2ccccc2[N+](=O)[O-])CC1. The smallest absolute Gasteiger partial charge is 0.289 e. The van der Waals surface area contributed by atoms with Crippen molar-refractivity contribution in [2.24, 2.45) is 0 Å². The first kappa shape index (κ1) is 21.3. The molecule has 150 valence electrons. The van der Waals surface area contributed by atoms with Crippen LogP contribution in [0.4, 0.5) is 5.69 Å². The fraction of sp³-hybridized carbons (Fsp3) is 0.588. The van der Waals surface area contributed by atoms with Gasteiger partial charge in [0.2, 0.25) is 10.0 Å². The van der Waals surface area contributed by atoms with Crippen molar-refractivity contribution in [3.05, 3.63) is 34.4 Å². The molecule has 0 bridgehead atoms. The maximum Gasteiger partial charge on any atom is 0.289 e. The molecule has 27 heavy (non-hydrogen) atoms. The van der Waals surface area contributed by atoms with Crippen LogP contribution in [0.2, 0.25) is 0 Å². The fourth-order valence-corrected chi connectivity index (χ4v) is 4.67. The summed E-state index contributed by atoms with van der Waals surface area (Å²) in [5.41, 5.74) is -0.757. The normalized spacial score (nSPS) is 18.1. The number of piperazine rings is 1. The van der Waals surface area contributed by atoms with Crippen LogP contribution in [0, 0.1) is 10.1 Å². The Labute approximate surface area is 159 Å². The van der Waals surface area contributed by atoms with E-state index in [1.54, 1.807) is 0 Å². The van der Waals surface area contributed by atoms with Crippen LogP contribution in [-0.4, -0.2) is 61.3 Å². The highest BCUT2D eigenvalue weighted by Gasteiger charge is 2.37. The number of rotatable bonds is 5. The molecular formula is C17H27N4O5S+. The standard InChI is InChI=1S/C17H26N4O5S/c1-13(16(22)18-17(2,3)4)19-9-11-20(12-10-19)27(25,26)15-8-6-5-7-14(15)21(23)24/h5-8,13H,9-12H2,1-4H3,(H,18,22)/p+1/t13-/m0/s1. The topological polar surface area (TPSA) is 114 Å². The Kier molecular flexibility index (Phi) is 6.23. The van der Waals surface area contributed by atoms with Crippen molar-refractivity contribution < 1.29 is 23.0 Å². The van der Waals surface area contributed by atoms with Gasteiger partial charge in [-0.25, -0.2) is 8.42 Å². The molecule has 1 aromatic carbocycles. The molecule has 1 saturated heterocycles. The molecule has 1 amide bonds. The molecule has 2 N–H and O–H groups in total. The van der Waals surface area contributed by atoms with Crippen LogP contribution in [0.25, 0.3) is 0 Å². The van der Waals surface area contributed by atoms with E-state index in [1.165, 1.54) is 28.6 Å². The molecule has 0 aliphatic carbocycles. The number of hydrogen-bond acceptors (Lipinski definition) is 5. The van der Waals surface area contributed by atoms with Crippen molar-refractivity contribution in [3.8, 4) is 0 Å². The van der Waals surface area contributed by atoms with Gasteiger partial charge in [0.25, 0.3) is 11.6 Å². The second-order valence-electron chi connectivity index (χ2n) is 7.75. The van der Waals surface area contributed by atoms with Crippen molar-refractivity contribution in [1.82, 2.24) is 9.62 Å². The number of quaternary nitrogens is 1. The minimum atomic E-state index is -3.96. The fourth-order valence-electron chi connectivity index (χ4n) is 3.08. The number of benzene rings is 1. The monoisotopic (exact) mass is 399 g/mol. The van der Waals surface area contributed by atoms with Crippen molar-refractivity contribution in [3.63, 3.8) is 0 Å². The molecule has 1 atom stereocenters. The summed E-state index contributed by atoms with van der Waals surface area (Å²) < 4.78 is 26.9. The van der Waals surface area contributed by atoms with Gasteiger partial charge < -0.3 is 10.2 Å². The van der Waals surface area contributed by atoms with E-state index >= 15 is 0 Å². The lowest BCUT2D eigenvalue weighted by atomic mass is 10.1. The van der Waals surface area contributed by atoms with Gasteiger partial charge >= 0.3 is 0 Å². The Balaban J connectivity index is 2.09. The molecule has 1 fully saturated rings. The van der Waals surface area contributed by atoms with Crippen LogP contribution in [0.5, 0.6) is 0 Å². The molecule has 0 radical (unpaired) electrons. The average Bonchev–Trinajstić information content (AvgIpc) is 2.59. The molecular weight excluding hydrogens is 372 g/mol. The van der Waals surface area contributed by atoms with Crippen LogP contribution in [0.3, 0.4) is 0 Å². The lowest BCUT2D eigenvalue weighted by Crippen LogP contribution is -3.19. The molecule has 1 aliphatic rings. The van der Waals surface area contributed by atoms with E-state index in [4.69, 9.17) is 0 Å². The second kappa shape index (κ2) is 7.91. The number of para-hydroxylation sites is 1. The van der Waals surface area contributed by atoms with E-state index in [2.05, 4.69) is 5.32 Å². The Morgan fingerprint density at radius 2 is 1.81 bits per heavy atom. The Morgan fingerprint density at radius 1 is 1.26 bits per heavy atom. The predicted molar refractivity (Wildman–Crippen MR) is 99.9 cm³/mol. The summed E-state index contributed by atoms with van der Waals surface area (Å²) in [5.74, 6) is -0.0764. The summed E-state index contributed by atoms with van der Waals surface area (Å²) in [6.45, 7) is 8.87. The average molecular weight is 399 g/mol. The zero-order chi connectivity index (χ0) is 20.4. The van der Waals surface area contributed by atoms with Crippen LogP contribution in [0.1, 0.15) is 27.7 Å². The van der Waals surface area contributed by atoms with Crippen molar-refractivity contribution in [2.45, 2.75) is 44.2 Å². The van der Waals surface area contributed by atoms with E-state index in [-0.39, 0.29) is 35.5 Å². The first-order chi connectivity index (χ1) is 12.4. The van der Waals surface area contributed by atoms with Gasteiger partial charge in [0.15, 0.2) is 10.9 Å². The highest BCUT2D eigenvalue weighted by Crippen LogP contribution is 2.26. The molecule has 0 saturated carbocycles. The zero-order valence-electron chi connectivity index (χ0n) is 16.1. The Hall–Kier alpha value is -2.04. The number of carbonyl (C=O) groups is 1. The summed E-state index contributed by atoms with van der Waals surface area (Å²) in [5, 5.41) is 14.1. The first-order valence-corrected chi connectivity index (χ1v) is 10.3. The third-order valence-electron chi connectivity index (χ3n) is 4.55. The lowest BCUT2D eigenvalue weighted by molar-refractivity contribution is -0.917. The van der Waals surface area contributed by atoms with Gasteiger partial charge in [-0.15, -0.1) is 0 Å². The van der Waals surface area contributed by atoms with E-state index in [9.17, 15) is 23.3 Å². The third kappa shape index (κ3) is 5.02. The van der Waals surface area contributed by atoms with Crippen molar-refractivity contribution in [2.75, 3.05) is 26.2 Å². The zero-order valence-corrected chi connectivity index (χ0v) is 16.9. The molecule has 2 rings (SSSR count).